The van der Waals surface area contributed by atoms with Gasteiger partial charge < -0.3 is 14.6 Å². The van der Waals surface area contributed by atoms with Gasteiger partial charge in [-0.3, -0.25) is 4.98 Å². The molecule has 0 saturated heterocycles. The van der Waals surface area contributed by atoms with Crippen molar-refractivity contribution in [3.05, 3.63) is 84.1 Å². The molecule has 0 spiro atoms. The van der Waals surface area contributed by atoms with Crippen LogP contribution < -0.4 is 10.1 Å². The minimum absolute atomic E-state index is 0.461. The molecule has 29 heavy (non-hydrogen) atoms. The summed E-state index contributed by atoms with van der Waals surface area (Å²) >= 11 is 0. The zero-order valence-corrected chi connectivity index (χ0v) is 16.1. The molecule has 0 fully saturated rings. The highest BCUT2D eigenvalue weighted by Gasteiger charge is 2.10. The van der Waals surface area contributed by atoms with Crippen LogP contribution in [0.3, 0.4) is 0 Å². The van der Waals surface area contributed by atoms with Crippen molar-refractivity contribution >= 4 is 5.82 Å². The number of rotatable bonds is 8. The third-order valence-corrected chi connectivity index (χ3v) is 4.44. The topological polar surface area (TPSA) is 86.0 Å². The van der Waals surface area contributed by atoms with Gasteiger partial charge in [0.1, 0.15) is 11.6 Å². The molecular formula is C22H21N5O2. The van der Waals surface area contributed by atoms with E-state index < -0.39 is 0 Å². The average molecular weight is 387 g/mol. The highest BCUT2D eigenvalue weighted by molar-refractivity contribution is 5.54. The predicted octanol–water partition coefficient (Wildman–Crippen LogP) is 3.78. The third-order valence-electron chi connectivity index (χ3n) is 4.44. The van der Waals surface area contributed by atoms with E-state index in [9.17, 15) is 0 Å². The Balaban J connectivity index is 1.34. The molecule has 0 amide bonds. The molecule has 0 saturated carbocycles. The van der Waals surface area contributed by atoms with Crippen molar-refractivity contribution in [1.29, 1.82) is 0 Å². The summed E-state index contributed by atoms with van der Waals surface area (Å²) in [7, 11) is 1.65. The van der Waals surface area contributed by atoms with Crippen LogP contribution >= 0.6 is 0 Å². The maximum Gasteiger partial charge on any atom is 0.259 e. The van der Waals surface area contributed by atoms with E-state index in [-0.39, 0.29) is 0 Å². The van der Waals surface area contributed by atoms with Gasteiger partial charge in [0.15, 0.2) is 5.82 Å². The monoisotopic (exact) mass is 387 g/mol. The van der Waals surface area contributed by atoms with E-state index in [2.05, 4.69) is 31.5 Å². The number of methoxy groups -OCH3 is 1. The Labute approximate surface area is 168 Å². The van der Waals surface area contributed by atoms with Crippen molar-refractivity contribution in [2.24, 2.45) is 0 Å². The van der Waals surface area contributed by atoms with E-state index in [0.717, 1.165) is 35.7 Å². The summed E-state index contributed by atoms with van der Waals surface area (Å²) in [6.07, 6.45) is 6.86. The molecule has 0 aliphatic rings. The lowest BCUT2D eigenvalue weighted by Crippen LogP contribution is -2.06. The van der Waals surface area contributed by atoms with Crippen molar-refractivity contribution in [2.75, 3.05) is 19.0 Å². The molecule has 0 aliphatic carbocycles. The zero-order chi connectivity index (χ0) is 19.9. The van der Waals surface area contributed by atoms with Crippen LogP contribution in [0.4, 0.5) is 5.82 Å². The Hall–Kier alpha value is -3.74. The Morgan fingerprint density at radius 3 is 2.62 bits per heavy atom. The normalized spacial score (nSPS) is 10.7. The number of benzene rings is 1. The van der Waals surface area contributed by atoms with Gasteiger partial charge in [0, 0.05) is 31.6 Å². The molecule has 7 heteroatoms. The largest absolute Gasteiger partial charge is 0.497 e. The number of anilines is 1. The van der Waals surface area contributed by atoms with Crippen molar-refractivity contribution in [2.45, 2.75) is 12.8 Å². The van der Waals surface area contributed by atoms with Gasteiger partial charge in [0.2, 0.25) is 0 Å². The maximum atomic E-state index is 5.39. The first-order valence-corrected chi connectivity index (χ1v) is 9.35. The minimum atomic E-state index is 0.461. The summed E-state index contributed by atoms with van der Waals surface area (Å²) in [6.45, 7) is 0.782. The average Bonchev–Trinajstić information content (AvgIpc) is 3.24. The molecule has 4 rings (SSSR count). The number of nitrogens with one attached hydrogen (secondary N) is 1. The molecule has 3 heterocycles. The quantitative estimate of drug-likeness (QED) is 0.492. The van der Waals surface area contributed by atoms with E-state index in [1.165, 1.54) is 5.56 Å². The van der Waals surface area contributed by atoms with Gasteiger partial charge in [-0.2, -0.15) is 4.98 Å². The molecule has 0 aliphatic heterocycles. The third kappa shape index (κ3) is 4.95. The lowest BCUT2D eigenvalue weighted by molar-refractivity contribution is 0.414. The van der Waals surface area contributed by atoms with Gasteiger partial charge in [-0.05, 0) is 47.9 Å². The van der Waals surface area contributed by atoms with Gasteiger partial charge in [0.25, 0.3) is 5.89 Å². The smallest absolute Gasteiger partial charge is 0.259 e. The van der Waals surface area contributed by atoms with Crippen molar-refractivity contribution in [3.8, 4) is 17.2 Å². The van der Waals surface area contributed by atoms with E-state index in [1.807, 2.05) is 48.7 Å². The Morgan fingerprint density at radius 1 is 1.00 bits per heavy atom. The van der Waals surface area contributed by atoms with Crippen LogP contribution in [0.1, 0.15) is 17.0 Å². The minimum Gasteiger partial charge on any atom is -0.497 e. The Kier molecular flexibility index (Phi) is 5.76. The van der Waals surface area contributed by atoms with E-state index in [1.54, 1.807) is 19.5 Å². The summed E-state index contributed by atoms with van der Waals surface area (Å²) < 4.78 is 10.6. The van der Waals surface area contributed by atoms with Crippen LogP contribution in [0, 0.1) is 0 Å². The fraction of sp³-hybridized carbons (Fsp3) is 0.182. The molecular weight excluding hydrogens is 366 g/mol. The second kappa shape index (κ2) is 8.97. The molecule has 0 bridgehead atoms. The molecule has 0 unspecified atom stereocenters. The second-order valence-electron chi connectivity index (χ2n) is 6.51. The first-order valence-electron chi connectivity index (χ1n) is 9.35. The Morgan fingerprint density at radius 2 is 1.90 bits per heavy atom. The van der Waals surface area contributed by atoms with Gasteiger partial charge in [-0.25, -0.2) is 4.98 Å². The van der Waals surface area contributed by atoms with Crippen LogP contribution in [0.5, 0.6) is 5.75 Å². The number of hydrogen-bond acceptors (Lipinski definition) is 7. The molecule has 0 atom stereocenters. The fourth-order valence-electron chi connectivity index (χ4n) is 2.87. The van der Waals surface area contributed by atoms with Crippen molar-refractivity contribution in [1.82, 2.24) is 20.1 Å². The number of pyridine rings is 2. The van der Waals surface area contributed by atoms with Crippen molar-refractivity contribution in [3.63, 3.8) is 0 Å². The first-order chi connectivity index (χ1) is 14.3. The molecule has 1 N–H and O–H groups in total. The van der Waals surface area contributed by atoms with Crippen LogP contribution in [0.2, 0.25) is 0 Å². The molecule has 7 nitrogen and oxygen atoms in total. The lowest BCUT2D eigenvalue weighted by Gasteiger charge is -2.05. The number of ether oxygens (including phenoxy) is 1. The van der Waals surface area contributed by atoms with E-state index in [0.29, 0.717) is 18.1 Å². The first kappa shape index (κ1) is 18.6. The summed E-state index contributed by atoms with van der Waals surface area (Å²) in [5.41, 5.74) is 3.06. The van der Waals surface area contributed by atoms with Crippen LogP contribution in [0.15, 0.2) is 71.6 Å². The van der Waals surface area contributed by atoms with E-state index in [4.69, 9.17) is 9.26 Å². The lowest BCUT2D eigenvalue weighted by atomic mass is 10.1. The summed E-state index contributed by atoms with van der Waals surface area (Å²) in [4.78, 5) is 13.0. The number of aromatic nitrogens is 4. The maximum absolute atomic E-state index is 5.39. The summed E-state index contributed by atoms with van der Waals surface area (Å²) in [6, 6.07) is 15.6. The molecule has 3 aromatic heterocycles. The van der Waals surface area contributed by atoms with Crippen LogP contribution in [-0.4, -0.2) is 33.8 Å². The van der Waals surface area contributed by atoms with E-state index >= 15 is 0 Å². The second-order valence-corrected chi connectivity index (χ2v) is 6.51. The highest BCUT2D eigenvalue weighted by atomic mass is 16.5. The zero-order valence-electron chi connectivity index (χ0n) is 16.1. The van der Waals surface area contributed by atoms with Gasteiger partial charge in [-0.1, -0.05) is 23.4 Å². The predicted molar refractivity (Wildman–Crippen MR) is 110 cm³/mol. The summed E-state index contributed by atoms with van der Waals surface area (Å²) in [5.74, 6) is 2.71. The number of hydrogen-bond donors (Lipinski definition) is 1. The summed E-state index contributed by atoms with van der Waals surface area (Å²) in [5, 5.41) is 7.37. The van der Waals surface area contributed by atoms with Gasteiger partial charge >= 0.3 is 0 Å². The molecule has 0 radical (unpaired) electrons. The van der Waals surface area contributed by atoms with Gasteiger partial charge in [0.05, 0.1) is 12.7 Å². The standard InChI is InChI=1S/C22H21N5O2/c1-28-19-7-4-16(5-8-19)13-21-26-22(29-27-21)18-6-9-20(25-15-18)24-12-10-17-3-2-11-23-14-17/h2-9,11,14-15H,10,12-13H2,1H3,(H,24,25). The van der Waals surface area contributed by atoms with Crippen molar-refractivity contribution < 1.29 is 9.26 Å². The Bertz CT molecular complexity index is 1030. The van der Waals surface area contributed by atoms with Crippen LogP contribution in [0.25, 0.3) is 11.5 Å². The highest BCUT2D eigenvalue weighted by Crippen LogP contribution is 2.19. The molecule has 1 aromatic carbocycles. The SMILES string of the molecule is COc1ccc(Cc2noc(-c3ccc(NCCc4cccnc4)nc3)n2)cc1. The fourth-order valence-corrected chi connectivity index (χ4v) is 2.87. The number of nitrogens with zero attached hydrogens (tertiary/aromatic N) is 4. The van der Waals surface area contributed by atoms with Gasteiger partial charge in [-0.15, -0.1) is 0 Å². The molecule has 146 valence electrons. The molecule has 4 aromatic rings. The van der Waals surface area contributed by atoms with Crippen LogP contribution in [-0.2, 0) is 12.8 Å².